The van der Waals surface area contributed by atoms with Crippen LogP contribution in [0.1, 0.15) is 161 Å². The van der Waals surface area contributed by atoms with Crippen molar-refractivity contribution >= 4 is 34.8 Å². The maximum atomic E-state index is 10.4. The summed E-state index contributed by atoms with van der Waals surface area (Å²) in [6, 6.07) is 1.05. The fourth-order valence-corrected chi connectivity index (χ4v) is 6.27. The molecule has 0 saturated carbocycles. The molecule has 198 valence electrons. The highest BCUT2D eigenvalue weighted by atomic mass is 35.7. The first-order chi connectivity index (χ1) is 15.9. The molecule has 0 aromatic heterocycles. The molecule has 0 aliphatic carbocycles. The molecule has 1 N–H and O–H groups in total. The van der Waals surface area contributed by atoms with E-state index in [2.05, 4.69) is 0 Å². The van der Waals surface area contributed by atoms with Crippen LogP contribution >= 0.6 is 22.2 Å². The molecule has 0 aliphatic rings. The van der Waals surface area contributed by atoms with Crippen molar-refractivity contribution in [1.29, 1.82) is 0 Å². The van der Waals surface area contributed by atoms with Gasteiger partial charge in [-0.2, -0.15) is 0 Å². The Morgan fingerprint density at radius 1 is 0.485 bits per heavy atom. The first-order valence-corrected chi connectivity index (χ1v) is 19.2. The average Bonchev–Trinajstić information content (AvgIpc) is 2.75. The van der Waals surface area contributed by atoms with Gasteiger partial charge in [0.1, 0.15) is 0 Å². The molecule has 0 rings (SSSR count). The van der Waals surface area contributed by atoms with E-state index in [1.807, 2.05) is 6.55 Å². The van der Waals surface area contributed by atoms with Crippen LogP contribution in [0.25, 0.3) is 0 Å². The van der Waals surface area contributed by atoms with Crippen molar-refractivity contribution < 1.29 is 9.90 Å². The number of aliphatic carboxylic acids is 1. The van der Waals surface area contributed by atoms with E-state index >= 15 is 0 Å². The van der Waals surface area contributed by atoms with E-state index < -0.39 is 12.7 Å². The average molecular weight is 524 g/mol. The molecule has 0 aromatic carbocycles. The van der Waals surface area contributed by atoms with Gasteiger partial charge >= 0.3 is 5.97 Å². The van der Waals surface area contributed by atoms with E-state index in [9.17, 15) is 4.79 Å². The lowest BCUT2D eigenvalue weighted by Crippen LogP contribution is -2.11. The Kier molecular flexibility index (Phi) is 25.6. The smallest absolute Gasteiger partial charge is 0.303 e. The predicted molar refractivity (Wildman–Crippen MR) is 151 cm³/mol. The van der Waals surface area contributed by atoms with Gasteiger partial charge in [-0.25, -0.2) is 0 Å². The minimum Gasteiger partial charge on any atom is -0.481 e. The minimum atomic E-state index is -1.85. The summed E-state index contributed by atoms with van der Waals surface area (Å²) in [4.78, 5) is 10.4. The van der Waals surface area contributed by atoms with Gasteiger partial charge in [-0.05, 0) is 19.0 Å². The third-order valence-corrected chi connectivity index (χ3v) is 9.12. The number of hydrogen-bond donors (Lipinski definition) is 1. The molecule has 0 aliphatic heterocycles. The molecule has 0 bridgehead atoms. The van der Waals surface area contributed by atoms with Gasteiger partial charge in [0.25, 0.3) is 0 Å². The molecule has 0 aromatic rings. The Morgan fingerprint density at radius 2 is 0.697 bits per heavy atom. The van der Waals surface area contributed by atoms with Crippen LogP contribution in [-0.4, -0.2) is 17.8 Å². The second-order valence-corrected chi connectivity index (χ2v) is 18.7. The van der Waals surface area contributed by atoms with Crippen LogP contribution < -0.4 is 0 Å². The fourth-order valence-electron chi connectivity index (χ4n) is 4.60. The highest BCUT2D eigenvalue weighted by Gasteiger charge is 2.19. The number of carbonyl (C=O) groups is 1. The minimum absolute atomic E-state index is 0.341. The molecule has 0 heterocycles. The molecular weight excluding hydrogens is 467 g/mol. The second-order valence-electron chi connectivity index (χ2n) is 10.4. The second kappa shape index (κ2) is 25.4. The van der Waals surface area contributed by atoms with Gasteiger partial charge in [-0.15, -0.1) is 22.2 Å². The van der Waals surface area contributed by atoms with Crippen LogP contribution in [0, 0.1) is 0 Å². The van der Waals surface area contributed by atoms with Gasteiger partial charge in [0.05, 0.1) is 0 Å². The van der Waals surface area contributed by atoms with Crippen molar-refractivity contribution in [3.63, 3.8) is 0 Å². The zero-order valence-electron chi connectivity index (χ0n) is 22.0. The standard InChI is InChI=1S/C28H56Cl2O2Si/c1-33(29,30)27-25-23-21-19-17-15-13-11-9-7-5-3-2-4-6-8-10-12-14-16-18-20-22-24-26-28(31)32/h2-27H2,1H3,(H,31,32). The van der Waals surface area contributed by atoms with Crippen LogP contribution in [0.3, 0.4) is 0 Å². The summed E-state index contributed by atoms with van der Waals surface area (Å²) >= 11 is 12.3. The maximum Gasteiger partial charge on any atom is 0.303 e. The molecule has 0 spiro atoms. The van der Waals surface area contributed by atoms with Crippen molar-refractivity contribution in [2.45, 2.75) is 173 Å². The predicted octanol–water partition coefficient (Wildman–Crippen LogP) is 11.4. The Balaban J connectivity index is 3.05. The van der Waals surface area contributed by atoms with E-state index in [0.29, 0.717) is 6.42 Å². The number of carboxylic acid groups (broad SMARTS) is 1. The lowest BCUT2D eigenvalue weighted by molar-refractivity contribution is -0.137. The van der Waals surface area contributed by atoms with Crippen LogP contribution in [0.4, 0.5) is 0 Å². The molecule has 0 amide bonds. The van der Waals surface area contributed by atoms with Gasteiger partial charge < -0.3 is 5.11 Å². The Labute approximate surface area is 217 Å². The van der Waals surface area contributed by atoms with E-state index in [1.165, 1.54) is 141 Å². The highest BCUT2D eigenvalue weighted by molar-refractivity contribution is 7.44. The number of unbranched alkanes of at least 4 members (excludes halogenated alkanes) is 23. The summed E-state index contributed by atoms with van der Waals surface area (Å²) in [6.07, 6.45) is 32.7. The number of rotatable bonds is 27. The van der Waals surface area contributed by atoms with Gasteiger partial charge in [0.15, 0.2) is 0 Å². The van der Waals surface area contributed by atoms with Crippen LogP contribution in [-0.2, 0) is 4.79 Å². The molecule has 0 fully saturated rings. The maximum absolute atomic E-state index is 10.4. The number of hydrogen-bond acceptors (Lipinski definition) is 1. The van der Waals surface area contributed by atoms with Crippen LogP contribution in [0.15, 0.2) is 0 Å². The lowest BCUT2D eigenvalue weighted by Gasteiger charge is -2.09. The summed E-state index contributed by atoms with van der Waals surface area (Å²) in [5.41, 5.74) is 0. The first-order valence-electron chi connectivity index (χ1n) is 14.5. The molecule has 2 nitrogen and oxygen atoms in total. The molecule has 0 atom stereocenters. The zero-order valence-corrected chi connectivity index (χ0v) is 24.5. The topological polar surface area (TPSA) is 37.3 Å². The van der Waals surface area contributed by atoms with Gasteiger partial charge in [-0.1, -0.05) is 148 Å². The van der Waals surface area contributed by atoms with Gasteiger partial charge in [-0.3, -0.25) is 4.79 Å². The van der Waals surface area contributed by atoms with Crippen molar-refractivity contribution in [2.75, 3.05) is 0 Å². The third-order valence-electron chi connectivity index (χ3n) is 6.76. The van der Waals surface area contributed by atoms with Crippen LogP contribution in [0.2, 0.25) is 12.6 Å². The molecular formula is C28H56Cl2O2Si. The lowest BCUT2D eigenvalue weighted by atomic mass is 10.0. The van der Waals surface area contributed by atoms with Crippen molar-refractivity contribution in [3.8, 4) is 0 Å². The number of halogens is 2. The Hall–Kier alpha value is 0.267. The van der Waals surface area contributed by atoms with E-state index in [-0.39, 0.29) is 0 Å². The van der Waals surface area contributed by atoms with Crippen molar-refractivity contribution in [1.82, 2.24) is 0 Å². The largest absolute Gasteiger partial charge is 0.481 e. The third kappa shape index (κ3) is 32.3. The Morgan fingerprint density at radius 3 is 0.909 bits per heavy atom. The van der Waals surface area contributed by atoms with Gasteiger partial charge in [0, 0.05) is 6.42 Å². The quantitative estimate of drug-likeness (QED) is 0.0660. The molecule has 0 radical (unpaired) electrons. The SMILES string of the molecule is C[Si](Cl)(Cl)CCCCCCCCCCCCCCCCCCCCCCCCCCC(=O)O. The molecule has 33 heavy (non-hydrogen) atoms. The Bertz CT molecular complexity index is 413. The summed E-state index contributed by atoms with van der Waals surface area (Å²) in [5.74, 6) is -0.654. The molecule has 5 heteroatoms. The summed E-state index contributed by atoms with van der Waals surface area (Å²) in [6.45, 7) is 0.182. The monoisotopic (exact) mass is 522 g/mol. The summed E-state index contributed by atoms with van der Waals surface area (Å²) in [7, 11) is 0. The molecule has 0 unspecified atom stereocenters. The van der Waals surface area contributed by atoms with Crippen LogP contribution in [0.5, 0.6) is 0 Å². The normalized spacial score (nSPS) is 11.8. The van der Waals surface area contributed by atoms with Crippen molar-refractivity contribution in [2.24, 2.45) is 0 Å². The van der Waals surface area contributed by atoms with Gasteiger partial charge in [0.2, 0.25) is 6.69 Å². The van der Waals surface area contributed by atoms with E-state index in [1.54, 1.807) is 0 Å². The summed E-state index contributed by atoms with van der Waals surface area (Å²) in [5, 5.41) is 8.61. The number of carboxylic acids is 1. The fraction of sp³-hybridized carbons (Fsp3) is 0.964. The summed E-state index contributed by atoms with van der Waals surface area (Å²) < 4.78 is 0. The molecule has 0 saturated heterocycles. The zero-order chi connectivity index (χ0) is 24.5. The van der Waals surface area contributed by atoms with Crippen molar-refractivity contribution in [3.05, 3.63) is 0 Å². The van der Waals surface area contributed by atoms with E-state index in [0.717, 1.165) is 18.9 Å². The highest BCUT2D eigenvalue weighted by Crippen LogP contribution is 2.23. The van der Waals surface area contributed by atoms with E-state index in [4.69, 9.17) is 27.3 Å². The first kappa shape index (κ1) is 33.3.